The van der Waals surface area contributed by atoms with Crippen LogP contribution in [0.1, 0.15) is 43.0 Å². The highest BCUT2D eigenvalue weighted by atomic mass is 127. The third-order valence-corrected chi connectivity index (χ3v) is 4.55. The van der Waals surface area contributed by atoms with E-state index >= 15 is 0 Å². The minimum Gasteiger partial charge on any atom is -0.494 e. The third-order valence-electron chi connectivity index (χ3n) is 3.67. The van der Waals surface area contributed by atoms with Crippen molar-refractivity contribution in [3.63, 3.8) is 0 Å². The SMILES string of the molecule is CCCCCCOc1cccc(NC(=S)NC(=O)c2cccc(I)c2)c1. The van der Waals surface area contributed by atoms with Crippen molar-refractivity contribution in [1.29, 1.82) is 0 Å². The number of halogens is 1. The number of ether oxygens (including phenoxy) is 1. The second-order valence-electron chi connectivity index (χ2n) is 5.86. The number of hydrogen-bond acceptors (Lipinski definition) is 3. The average molecular weight is 482 g/mol. The summed E-state index contributed by atoms with van der Waals surface area (Å²) in [6.45, 7) is 2.90. The fourth-order valence-corrected chi connectivity index (χ4v) is 3.10. The summed E-state index contributed by atoms with van der Waals surface area (Å²) in [5.74, 6) is 0.558. The van der Waals surface area contributed by atoms with E-state index in [0.29, 0.717) is 12.2 Å². The number of amides is 1. The first kappa shape index (κ1) is 20.6. The van der Waals surface area contributed by atoms with Crippen LogP contribution in [0.25, 0.3) is 0 Å². The monoisotopic (exact) mass is 482 g/mol. The highest BCUT2D eigenvalue weighted by molar-refractivity contribution is 14.1. The molecule has 2 N–H and O–H groups in total. The Hall–Kier alpha value is -1.67. The van der Waals surface area contributed by atoms with Crippen LogP contribution in [0.3, 0.4) is 0 Å². The number of carbonyl (C=O) groups excluding carboxylic acids is 1. The topological polar surface area (TPSA) is 50.4 Å². The van der Waals surface area contributed by atoms with Crippen LogP contribution in [0.5, 0.6) is 5.75 Å². The van der Waals surface area contributed by atoms with E-state index in [1.165, 1.54) is 19.3 Å². The molecule has 0 aliphatic carbocycles. The second-order valence-corrected chi connectivity index (χ2v) is 7.51. The Balaban J connectivity index is 1.84. The third kappa shape index (κ3) is 7.29. The molecule has 0 bridgehead atoms. The van der Waals surface area contributed by atoms with Gasteiger partial charge in [0.25, 0.3) is 5.91 Å². The van der Waals surface area contributed by atoms with Gasteiger partial charge in [-0.1, -0.05) is 38.3 Å². The number of benzene rings is 2. The van der Waals surface area contributed by atoms with Crippen LogP contribution in [0.15, 0.2) is 48.5 Å². The van der Waals surface area contributed by atoms with Gasteiger partial charge in [-0.3, -0.25) is 10.1 Å². The molecule has 0 fully saturated rings. The Bertz CT molecular complexity index is 752. The molecule has 0 spiro atoms. The Kier molecular flexibility index (Phi) is 8.84. The normalized spacial score (nSPS) is 10.2. The number of unbranched alkanes of at least 4 members (excludes halogenated alkanes) is 3. The van der Waals surface area contributed by atoms with Gasteiger partial charge in [0, 0.05) is 20.9 Å². The van der Waals surface area contributed by atoms with Crippen molar-refractivity contribution in [2.45, 2.75) is 32.6 Å². The van der Waals surface area contributed by atoms with Crippen LogP contribution in [-0.2, 0) is 0 Å². The van der Waals surface area contributed by atoms with Crippen molar-refractivity contribution in [2.24, 2.45) is 0 Å². The van der Waals surface area contributed by atoms with Gasteiger partial charge in [-0.25, -0.2) is 0 Å². The lowest BCUT2D eigenvalue weighted by atomic mass is 10.2. The van der Waals surface area contributed by atoms with Crippen LogP contribution >= 0.6 is 34.8 Å². The van der Waals surface area contributed by atoms with E-state index in [1.807, 2.05) is 42.5 Å². The number of rotatable bonds is 8. The molecule has 2 aromatic rings. The fraction of sp³-hybridized carbons (Fsp3) is 0.300. The summed E-state index contributed by atoms with van der Waals surface area (Å²) >= 11 is 7.41. The molecule has 26 heavy (non-hydrogen) atoms. The first-order chi connectivity index (χ1) is 12.6. The molecule has 138 valence electrons. The van der Waals surface area contributed by atoms with E-state index in [4.69, 9.17) is 17.0 Å². The summed E-state index contributed by atoms with van der Waals surface area (Å²) in [5, 5.41) is 5.98. The van der Waals surface area contributed by atoms with E-state index in [9.17, 15) is 4.79 Å². The van der Waals surface area contributed by atoms with Gasteiger partial charge >= 0.3 is 0 Å². The van der Waals surface area contributed by atoms with Crippen LogP contribution in [0.4, 0.5) is 5.69 Å². The fourth-order valence-electron chi connectivity index (χ4n) is 2.35. The van der Waals surface area contributed by atoms with Gasteiger partial charge in [0.1, 0.15) is 5.75 Å². The van der Waals surface area contributed by atoms with Gasteiger partial charge in [-0.15, -0.1) is 0 Å². The van der Waals surface area contributed by atoms with Gasteiger partial charge in [-0.05, 0) is 71.6 Å². The summed E-state index contributed by atoms with van der Waals surface area (Å²) in [6.07, 6.45) is 4.68. The molecule has 4 nitrogen and oxygen atoms in total. The standard InChI is InChI=1S/C20H23IN2O2S/c1-2-3-4-5-12-25-18-11-7-10-17(14-18)22-20(26)23-19(24)15-8-6-9-16(21)13-15/h6-11,13-14H,2-5,12H2,1H3,(H2,22,23,24,26). The van der Waals surface area contributed by atoms with E-state index in [-0.39, 0.29) is 11.0 Å². The molecule has 2 rings (SSSR count). The van der Waals surface area contributed by atoms with Crippen molar-refractivity contribution in [3.05, 3.63) is 57.7 Å². The van der Waals surface area contributed by atoms with Crippen LogP contribution in [-0.4, -0.2) is 17.6 Å². The first-order valence-corrected chi connectivity index (χ1v) is 10.2. The number of hydrogen-bond donors (Lipinski definition) is 2. The first-order valence-electron chi connectivity index (χ1n) is 8.69. The Morgan fingerprint density at radius 3 is 2.69 bits per heavy atom. The molecule has 0 saturated heterocycles. The van der Waals surface area contributed by atoms with Crippen molar-refractivity contribution in [3.8, 4) is 5.75 Å². The Labute approximate surface area is 173 Å². The number of anilines is 1. The number of thiocarbonyl (C=S) groups is 1. The lowest BCUT2D eigenvalue weighted by molar-refractivity contribution is 0.0977. The average Bonchev–Trinajstić information content (AvgIpc) is 2.61. The summed E-state index contributed by atoms with van der Waals surface area (Å²) in [5.41, 5.74) is 1.36. The molecule has 0 heterocycles. The van der Waals surface area contributed by atoms with Crippen molar-refractivity contribution >= 4 is 51.5 Å². The van der Waals surface area contributed by atoms with Crippen molar-refractivity contribution in [1.82, 2.24) is 5.32 Å². The Morgan fingerprint density at radius 2 is 1.92 bits per heavy atom. The number of nitrogens with one attached hydrogen (secondary N) is 2. The van der Waals surface area contributed by atoms with Crippen LogP contribution in [0.2, 0.25) is 0 Å². The summed E-state index contributed by atoms with van der Waals surface area (Å²) < 4.78 is 6.77. The maximum Gasteiger partial charge on any atom is 0.257 e. The maximum atomic E-state index is 12.2. The van der Waals surface area contributed by atoms with Gasteiger partial charge in [0.2, 0.25) is 0 Å². The zero-order chi connectivity index (χ0) is 18.8. The van der Waals surface area contributed by atoms with E-state index in [1.54, 1.807) is 6.07 Å². The minimum atomic E-state index is -0.232. The maximum absolute atomic E-state index is 12.2. The van der Waals surface area contributed by atoms with Gasteiger partial charge in [-0.2, -0.15) is 0 Å². The van der Waals surface area contributed by atoms with Crippen molar-refractivity contribution < 1.29 is 9.53 Å². The molecule has 0 aliphatic rings. The Morgan fingerprint density at radius 1 is 1.12 bits per heavy atom. The predicted molar refractivity (Wildman–Crippen MR) is 119 cm³/mol. The molecular weight excluding hydrogens is 459 g/mol. The highest BCUT2D eigenvalue weighted by Gasteiger charge is 2.08. The van der Waals surface area contributed by atoms with Crippen LogP contribution in [0, 0.1) is 3.57 Å². The molecule has 0 saturated carbocycles. The van der Waals surface area contributed by atoms with Crippen molar-refractivity contribution in [2.75, 3.05) is 11.9 Å². The molecule has 0 atom stereocenters. The van der Waals surface area contributed by atoms with Gasteiger partial charge in [0.15, 0.2) is 5.11 Å². The molecular formula is C20H23IN2O2S. The summed E-state index contributed by atoms with van der Waals surface area (Å²) in [6, 6.07) is 14.9. The largest absolute Gasteiger partial charge is 0.494 e. The highest BCUT2D eigenvalue weighted by Crippen LogP contribution is 2.18. The zero-order valence-corrected chi connectivity index (χ0v) is 17.7. The van der Waals surface area contributed by atoms with E-state index in [0.717, 1.165) is 21.4 Å². The van der Waals surface area contributed by atoms with Crippen LogP contribution < -0.4 is 15.4 Å². The summed E-state index contributed by atoms with van der Waals surface area (Å²) in [4.78, 5) is 12.2. The van der Waals surface area contributed by atoms with Gasteiger partial charge in [0.05, 0.1) is 6.61 Å². The predicted octanol–water partition coefficient (Wildman–Crippen LogP) is 5.38. The molecule has 0 aliphatic heterocycles. The zero-order valence-electron chi connectivity index (χ0n) is 14.8. The minimum absolute atomic E-state index is 0.232. The molecule has 2 aromatic carbocycles. The number of carbonyl (C=O) groups is 1. The molecule has 1 amide bonds. The molecule has 0 unspecified atom stereocenters. The second kappa shape index (κ2) is 11.1. The molecule has 0 aromatic heterocycles. The smallest absolute Gasteiger partial charge is 0.257 e. The lowest BCUT2D eigenvalue weighted by Crippen LogP contribution is -2.34. The lowest BCUT2D eigenvalue weighted by Gasteiger charge is -2.11. The quantitative estimate of drug-likeness (QED) is 0.302. The summed E-state index contributed by atoms with van der Waals surface area (Å²) in [7, 11) is 0. The van der Waals surface area contributed by atoms with Gasteiger partial charge < -0.3 is 10.1 Å². The molecule has 0 radical (unpaired) electrons. The molecule has 6 heteroatoms. The van der Waals surface area contributed by atoms with E-state index in [2.05, 4.69) is 40.1 Å². The van der Waals surface area contributed by atoms with E-state index < -0.39 is 0 Å².